The summed E-state index contributed by atoms with van der Waals surface area (Å²) >= 11 is 5.01. The highest BCUT2D eigenvalue weighted by Crippen LogP contribution is 2.02. The van der Waals surface area contributed by atoms with Gasteiger partial charge in [-0.2, -0.15) is 0 Å². The first-order valence-electron chi connectivity index (χ1n) is 5.50. The standard InChI is InChI=1S/C12H17N3OS/c1-3-11(16)14-15-12(17)13-8-10-6-4-9(2)5-7-10/h4-7H,3,8H2,1-2H3,(H,14,16)(H2,13,15,17). The van der Waals surface area contributed by atoms with E-state index in [1.807, 2.05) is 31.2 Å². The molecule has 0 aliphatic heterocycles. The van der Waals surface area contributed by atoms with Crippen molar-refractivity contribution in [2.24, 2.45) is 0 Å². The van der Waals surface area contributed by atoms with Gasteiger partial charge < -0.3 is 5.32 Å². The number of hydrogen-bond acceptors (Lipinski definition) is 2. The number of rotatable bonds is 3. The van der Waals surface area contributed by atoms with E-state index in [9.17, 15) is 4.79 Å². The van der Waals surface area contributed by atoms with E-state index in [1.165, 1.54) is 5.56 Å². The SMILES string of the molecule is CCC(=O)NNC(=S)NCc1ccc(C)cc1. The van der Waals surface area contributed by atoms with Gasteiger partial charge >= 0.3 is 0 Å². The summed E-state index contributed by atoms with van der Waals surface area (Å²) in [5, 5.41) is 3.41. The number of benzene rings is 1. The molecule has 0 spiro atoms. The first-order chi connectivity index (χ1) is 8.11. The van der Waals surface area contributed by atoms with Crippen molar-refractivity contribution in [3.63, 3.8) is 0 Å². The molecule has 0 radical (unpaired) electrons. The summed E-state index contributed by atoms with van der Waals surface area (Å²) in [6, 6.07) is 8.17. The lowest BCUT2D eigenvalue weighted by Crippen LogP contribution is -2.46. The van der Waals surface area contributed by atoms with Gasteiger partial charge in [0.05, 0.1) is 0 Å². The average Bonchev–Trinajstić information content (AvgIpc) is 2.35. The number of carbonyl (C=O) groups excluding carboxylic acids is 1. The van der Waals surface area contributed by atoms with E-state index in [1.54, 1.807) is 6.92 Å². The van der Waals surface area contributed by atoms with Crippen LogP contribution in [0.3, 0.4) is 0 Å². The Morgan fingerprint density at radius 2 is 1.88 bits per heavy atom. The van der Waals surface area contributed by atoms with Crippen molar-refractivity contribution in [2.45, 2.75) is 26.8 Å². The lowest BCUT2D eigenvalue weighted by molar-refractivity contribution is -0.121. The predicted molar refractivity (Wildman–Crippen MR) is 72.2 cm³/mol. The van der Waals surface area contributed by atoms with E-state index >= 15 is 0 Å². The van der Waals surface area contributed by atoms with Crippen LogP contribution in [-0.2, 0) is 11.3 Å². The van der Waals surface area contributed by atoms with Crippen molar-refractivity contribution in [1.82, 2.24) is 16.2 Å². The highest BCUT2D eigenvalue weighted by Gasteiger charge is 1.98. The normalized spacial score (nSPS) is 9.53. The maximum absolute atomic E-state index is 11.0. The van der Waals surface area contributed by atoms with E-state index in [2.05, 4.69) is 16.2 Å². The second kappa shape index (κ2) is 6.85. The number of nitrogens with one attached hydrogen (secondary N) is 3. The number of hydrazine groups is 1. The molecule has 1 aromatic rings. The highest BCUT2D eigenvalue weighted by atomic mass is 32.1. The average molecular weight is 251 g/mol. The molecule has 92 valence electrons. The molecule has 0 saturated heterocycles. The Bertz CT molecular complexity index is 389. The largest absolute Gasteiger partial charge is 0.357 e. The Hall–Kier alpha value is -1.62. The van der Waals surface area contributed by atoms with Crippen LogP contribution in [0.5, 0.6) is 0 Å². The predicted octanol–water partition coefficient (Wildman–Crippen LogP) is 1.40. The Labute approximate surface area is 107 Å². The van der Waals surface area contributed by atoms with E-state index < -0.39 is 0 Å². The molecule has 0 bridgehead atoms. The summed E-state index contributed by atoms with van der Waals surface area (Å²) in [5.74, 6) is -0.0931. The summed E-state index contributed by atoms with van der Waals surface area (Å²) in [6.45, 7) is 4.46. The molecule has 17 heavy (non-hydrogen) atoms. The smallest absolute Gasteiger partial charge is 0.238 e. The molecular weight excluding hydrogens is 234 g/mol. The first-order valence-corrected chi connectivity index (χ1v) is 5.91. The fraction of sp³-hybridized carbons (Fsp3) is 0.333. The fourth-order valence-corrected chi connectivity index (χ4v) is 1.27. The van der Waals surface area contributed by atoms with Crippen molar-refractivity contribution < 1.29 is 4.79 Å². The second-order valence-electron chi connectivity index (χ2n) is 3.70. The van der Waals surface area contributed by atoms with Crippen LogP contribution in [0.1, 0.15) is 24.5 Å². The maximum Gasteiger partial charge on any atom is 0.238 e. The molecule has 0 unspecified atom stereocenters. The van der Waals surface area contributed by atoms with Crippen LogP contribution in [0.4, 0.5) is 0 Å². The zero-order valence-corrected chi connectivity index (χ0v) is 10.9. The molecule has 0 aliphatic carbocycles. The molecule has 4 nitrogen and oxygen atoms in total. The number of amides is 1. The van der Waals surface area contributed by atoms with Crippen molar-refractivity contribution in [1.29, 1.82) is 0 Å². The summed E-state index contributed by atoms with van der Waals surface area (Å²) in [4.78, 5) is 11.0. The number of hydrogen-bond donors (Lipinski definition) is 3. The Morgan fingerprint density at radius 3 is 2.47 bits per heavy atom. The highest BCUT2D eigenvalue weighted by molar-refractivity contribution is 7.80. The van der Waals surface area contributed by atoms with Gasteiger partial charge in [-0.25, -0.2) is 0 Å². The molecule has 0 saturated carbocycles. The molecular formula is C12H17N3OS. The van der Waals surface area contributed by atoms with Gasteiger partial charge in [0.1, 0.15) is 0 Å². The van der Waals surface area contributed by atoms with Crippen molar-refractivity contribution in [3.8, 4) is 0 Å². The molecule has 1 aromatic carbocycles. The lowest BCUT2D eigenvalue weighted by Gasteiger charge is -2.11. The Balaban J connectivity index is 2.28. The lowest BCUT2D eigenvalue weighted by atomic mass is 10.1. The maximum atomic E-state index is 11.0. The quantitative estimate of drug-likeness (QED) is 0.561. The molecule has 0 fully saturated rings. The van der Waals surface area contributed by atoms with Crippen LogP contribution < -0.4 is 16.2 Å². The van der Waals surface area contributed by atoms with Gasteiger partial charge in [0, 0.05) is 13.0 Å². The fourth-order valence-electron chi connectivity index (χ4n) is 1.15. The summed E-state index contributed by atoms with van der Waals surface area (Å²) in [5.41, 5.74) is 7.49. The van der Waals surface area contributed by atoms with E-state index in [-0.39, 0.29) is 5.91 Å². The first kappa shape index (κ1) is 13.4. The van der Waals surface area contributed by atoms with Crippen LogP contribution in [0, 0.1) is 6.92 Å². The van der Waals surface area contributed by atoms with Crippen LogP contribution in [-0.4, -0.2) is 11.0 Å². The van der Waals surface area contributed by atoms with Crippen LogP contribution in [0.25, 0.3) is 0 Å². The van der Waals surface area contributed by atoms with Crippen molar-refractivity contribution >= 4 is 23.2 Å². The van der Waals surface area contributed by atoms with Gasteiger partial charge in [-0.1, -0.05) is 36.8 Å². The van der Waals surface area contributed by atoms with Crippen LogP contribution in [0.2, 0.25) is 0 Å². The van der Waals surface area contributed by atoms with Crippen molar-refractivity contribution in [3.05, 3.63) is 35.4 Å². The number of thiocarbonyl (C=S) groups is 1. The number of carbonyl (C=O) groups is 1. The van der Waals surface area contributed by atoms with Gasteiger partial charge in [-0.05, 0) is 24.7 Å². The van der Waals surface area contributed by atoms with E-state index in [4.69, 9.17) is 12.2 Å². The summed E-state index contributed by atoms with van der Waals surface area (Å²) in [6.07, 6.45) is 0.424. The van der Waals surface area contributed by atoms with Crippen LogP contribution in [0.15, 0.2) is 24.3 Å². The monoisotopic (exact) mass is 251 g/mol. The molecule has 0 aromatic heterocycles. The Kier molecular flexibility index (Phi) is 5.42. The van der Waals surface area contributed by atoms with Crippen molar-refractivity contribution in [2.75, 3.05) is 0 Å². The summed E-state index contributed by atoms with van der Waals surface area (Å²) < 4.78 is 0. The van der Waals surface area contributed by atoms with Gasteiger partial charge in [0.2, 0.25) is 5.91 Å². The molecule has 0 aliphatic rings. The molecule has 0 heterocycles. The third-order valence-electron chi connectivity index (χ3n) is 2.21. The zero-order valence-electron chi connectivity index (χ0n) is 10.0. The topological polar surface area (TPSA) is 53.2 Å². The minimum Gasteiger partial charge on any atom is -0.357 e. The van der Waals surface area contributed by atoms with Gasteiger partial charge in [0.25, 0.3) is 0 Å². The van der Waals surface area contributed by atoms with Gasteiger partial charge in [0.15, 0.2) is 5.11 Å². The van der Waals surface area contributed by atoms with Gasteiger partial charge in [-0.3, -0.25) is 15.6 Å². The molecule has 3 N–H and O–H groups in total. The zero-order chi connectivity index (χ0) is 12.7. The minimum absolute atomic E-state index is 0.0931. The van der Waals surface area contributed by atoms with Gasteiger partial charge in [-0.15, -0.1) is 0 Å². The molecule has 0 atom stereocenters. The van der Waals surface area contributed by atoms with E-state index in [0.29, 0.717) is 18.1 Å². The second-order valence-corrected chi connectivity index (χ2v) is 4.10. The Morgan fingerprint density at radius 1 is 1.24 bits per heavy atom. The number of aryl methyl sites for hydroxylation is 1. The van der Waals surface area contributed by atoms with Crippen LogP contribution >= 0.6 is 12.2 Å². The molecule has 5 heteroatoms. The minimum atomic E-state index is -0.0931. The molecule has 1 rings (SSSR count). The third-order valence-corrected chi connectivity index (χ3v) is 2.46. The summed E-state index contributed by atoms with van der Waals surface area (Å²) in [7, 11) is 0. The van der Waals surface area contributed by atoms with E-state index in [0.717, 1.165) is 5.56 Å². The molecule has 1 amide bonds. The third kappa shape index (κ3) is 5.31.